The van der Waals surface area contributed by atoms with Gasteiger partial charge in [0.05, 0.1) is 0 Å². The molecule has 0 amide bonds. The van der Waals surface area contributed by atoms with Gasteiger partial charge in [0.25, 0.3) is 0 Å². The Morgan fingerprint density at radius 2 is 1.48 bits per heavy atom. The molecule has 3 heterocycles. The van der Waals surface area contributed by atoms with Crippen molar-refractivity contribution in [1.29, 1.82) is 0 Å². The van der Waals surface area contributed by atoms with Gasteiger partial charge in [0.15, 0.2) is 0 Å². The smallest absolute Gasteiger partial charge is 0 e. The standard InChI is InChI=1S/C29H26NS.C14H16GeN.Ir/c1-19-18-30-25(16-21(19)17-29(2,3)4)23-15-14-22(20-10-6-5-7-11-20)27-24-12-8-9-13-26(24)31-28(23)27;1-15(2,3)13-9-10-14(16-11-13)12-7-5-4-6-8-12;/h5-14,16,18H,17H2,1-4H3;4-7,9-11H,1-3H3;/q2*-1;. The molecular weight excluding hydrogens is 841 g/mol. The molecule has 0 bridgehead atoms. The van der Waals surface area contributed by atoms with Gasteiger partial charge in [-0.15, -0.1) is 17.7 Å². The van der Waals surface area contributed by atoms with E-state index in [1.165, 1.54) is 46.8 Å². The second-order valence-electron chi connectivity index (χ2n) is 14.4. The molecule has 48 heavy (non-hydrogen) atoms. The first-order valence-corrected chi connectivity index (χ1v) is 24.4. The van der Waals surface area contributed by atoms with Crippen LogP contribution in [0.5, 0.6) is 0 Å². The summed E-state index contributed by atoms with van der Waals surface area (Å²) in [7, 11) is 0. The summed E-state index contributed by atoms with van der Waals surface area (Å²) in [5.74, 6) is 7.14. The van der Waals surface area contributed by atoms with Crippen LogP contribution in [0.2, 0.25) is 17.3 Å². The van der Waals surface area contributed by atoms with Crippen molar-refractivity contribution in [3.8, 4) is 33.6 Å². The molecule has 0 atom stereocenters. The van der Waals surface area contributed by atoms with Crippen molar-refractivity contribution in [1.82, 2.24) is 9.97 Å². The molecule has 245 valence electrons. The first-order valence-electron chi connectivity index (χ1n) is 16.3. The summed E-state index contributed by atoms with van der Waals surface area (Å²) in [6.07, 6.45) is 5.09. The molecule has 1 radical (unpaired) electrons. The summed E-state index contributed by atoms with van der Waals surface area (Å²) in [6, 6.07) is 42.9. The van der Waals surface area contributed by atoms with Gasteiger partial charge in [0.2, 0.25) is 0 Å². The van der Waals surface area contributed by atoms with Crippen molar-refractivity contribution >= 4 is 49.2 Å². The Morgan fingerprint density at radius 3 is 2.15 bits per heavy atom. The monoisotopic (exact) mass is 885 g/mol. The molecule has 0 saturated carbocycles. The Kier molecular flexibility index (Phi) is 11.2. The van der Waals surface area contributed by atoms with Gasteiger partial charge in [-0.25, -0.2) is 0 Å². The second-order valence-corrected chi connectivity index (χ2v) is 26.1. The van der Waals surface area contributed by atoms with Crippen molar-refractivity contribution < 1.29 is 20.1 Å². The number of fused-ring (bicyclic) bond motifs is 3. The van der Waals surface area contributed by atoms with Gasteiger partial charge in [0, 0.05) is 31.0 Å². The van der Waals surface area contributed by atoms with Crippen LogP contribution in [0.15, 0.2) is 116 Å². The predicted octanol–water partition coefficient (Wildman–Crippen LogP) is 11.6. The van der Waals surface area contributed by atoms with E-state index in [-0.39, 0.29) is 25.5 Å². The van der Waals surface area contributed by atoms with E-state index in [1.54, 1.807) is 0 Å². The molecule has 4 aromatic carbocycles. The summed E-state index contributed by atoms with van der Waals surface area (Å²) >= 11 is 0.128. The third kappa shape index (κ3) is 8.23. The van der Waals surface area contributed by atoms with E-state index < -0.39 is 13.3 Å². The minimum absolute atomic E-state index is 0. The van der Waals surface area contributed by atoms with Crippen LogP contribution < -0.4 is 4.40 Å². The maximum Gasteiger partial charge on any atom is 0 e. The maximum absolute atomic E-state index is 4.84. The van der Waals surface area contributed by atoms with E-state index in [9.17, 15) is 0 Å². The predicted molar refractivity (Wildman–Crippen MR) is 206 cm³/mol. The van der Waals surface area contributed by atoms with Crippen molar-refractivity contribution in [3.05, 3.63) is 139 Å². The molecule has 0 aliphatic heterocycles. The van der Waals surface area contributed by atoms with E-state index in [1.807, 2.05) is 48.0 Å². The quantitative estimate of drug-likeness (QED) is 0.127. The Balaban J connectivity index is 0.000000224. The number of aromatic nitrogens is 2. The minimum atomic E-state index is -1.72. The molecule has 0 spiro atoms. The summed E-state index contributed by atoms with van der Waals surface area (Å²) in [4.78, 5) is 9.37. The third-order valence-electron chi connectivity index (χ3n) is 8.34. The van der Waals surface area contributed by atoms with Crippen LogP contribution >= 0.6 is 11.3 Å². The molecular formula is C43H42GeIrN2S-2. The first kappa shape index (κ1) is 35.9. The van der Waals surface area contributed by atoms with Crippen molar-refractivity contribution in [3.63, 3.8) is 0 Å². The van der Waals surface area contributed by atoms with Gasteiger partial charge >= 0.3 is 99.8 Å². The number of rotatable bonds is 5. The number of hydrogen-bond acceptors (Lipinski definition) is 3. The number of pyridine rings is 2. The van der Waals surface area contributed by atoms with Gasteiger partial charge in [-0.1, -0.05) is 97.4 Å². The van der Waals surface area contributed by atoms with Crippen molar-refractivity contribution in [2.75, 3.05) is 0 Å². The normalized spacial score (nSPS) is 11.6. The molecule has 0 N–H and O–H groups in total. The first-order chi connectivity index (χ1) is 22.5. The number of thiophene rings is 1. The van der Waals surface area contributed by atoms with E-state index in [0.717, 1.165) is 28.9 Å². The average Bonchev–Trinajstić information content (AvgIpc) is 3.45. The fourth-order valence-corrected chi connectivity index (χ4v) is 9.23. The average molecular weight is 884 g/mol. The van der Waals surface area contributed by atoms with Gasteiger partial charge in [-0.3, -0.25) is 0 Å². The largest absolute Gasteiger partial charge is 0 e. The zero-order valence-electron chi connectivity index (χ0n) is 28.8. The Labute approximate surface area is 306 Å². The van der Waals surface area contributed by atoms with Gasteiger partial charge < -0.3 is 4.98 Å². The van der Waals surface area contributed by atoms with E-state index >= 15 is 0 Å². The minimum Gasteiger partial charge on any atom is 0 e. The Hall–Kier alpha value is -3.41. The Morgan fingerprint density at radius 1 is 0.771 bits per heavy atom. The SMILES string of the molecule is Cc1cnc(-c2[c-]cc(-c3ccccc3)c3c2sc2ccccc23)cc1CC(C)(C)C.[CH3][Ge]([CH3])([CH3])[c]1ccc(-c2[c-]cccc2)nc1.[Ir]. The molecule has 0 aliphatic carbocycles. The molecule has 7 rings (SSSR count). The Bertz CT molecular complexity index is 2130. The fraction of sp³-hybridized carbons (Fsp3) is 0.209. The molecule has 5 heteroatoms. The van der Waals surface area contributed by atoms with Crippen molar-refractivity contribution in [2.24, 2.45) is 5.41 Å². The number of hydrogen-bond donors (Lipinski definition) is 0. The fourth-order valence-electron chi connectivity index (χ4n) is 5.82. The third-order valence-corrected chi connectivity index (χ3v) is 13.8. The van der Waals surface area contributed by atoms with Crippen LogP contribution in [0.1, 0.15) is 31.9 Å². The van der Waals surface area contributed by atoms with E-state index in [4.69, 9.17) is 4.98 Å². The van der Waals surface area contributed by atoms with Gasteiger partial charge in [0.1, 0.15) is 0 Å². The summed E-state index contributed by atoms with van der Waals surface area (Å²) in [6.45, 7) is 9.03. The van der Waals surface area contributed by atoms with Crippen LogP contribution in [0.25, 0.3) is 53.8 Å². The van der Waals surface area contributed by atoms with Crippen LogP contribution in [0, 0.1) is 24.5 Å². The summed E-state index contributed by atoms with van der Waals surface area (Å²) in [5.41, 5.74) is 9.51. The summed E-state index contributed by atoms with van der Waals surface area (Å²) < 4.78 is 4.01. The van der Waals surface area contributed by atoms with Crippen LogP contribution in [-0.2, 0) is 26.5 Å². The number of benzene rings is 4. The van der Waals surface area contributed by atoms with Gasteiger partial charge in [-0.05, 0) is 46.2 Å². The molecule has 0 fully saturated rings. The molecule has 0 aliphatic rings. The molecule has 3 aromatic heterocycles. The van der Waals surface area contributed by atoms with E-state index in [2.05, 4.69) is 141 Å². The van der Waals surface area contributed by atoms with Crippen LogP contribution in [0.3, 0.4) is 0 Å². The van der Waals surface area contributed by atoms with Crippen LogP contribution in [-0.4, -0.2) is 23.2 Å². The van der Waals surface area contributed by atoms with Crippen molar-refractivity contribution in [2.45, 2.75) is 51.4 Å². The molecule has 2 nitrogen and oxygen atoms in total. The van der Waals surface area contributed by atoms with Crippen LogP contribution in [0.4, 0.5) is 0 Å². The zero-order valence-corrected chi connectivity index (χ0v) is 34.1. The van der Waals surface area contributed by atoms with Gasteiger partial charge in [-0.2, -0.15) is 11.3 Å². The molecule has 7 aromatic rings. The zero-order chi connectivity index (χ0) is 33.2. The molecule has 0 saturated heterocycles. The number of nitrogens with zero attached hydrogens (tertiary/aromatic N) is 2. The summed E-state index contributed by atoms with van der Waals surface area (Å²) in [5, 5.41) is 2.61. The molecule has 0 unspecified atom stereocenters. The topological polar surface area (TPSA) is 25.8 Å². The number of aryl methyl sites for hydroxylation is 1. The maximum atomic E-state index is 4.84. The van der Waals surface area contributed by atoms with E-state index in [0.29, 0.717) is 0 Å². The second kappa shape index (κ2) is 15.0.